The summed E-state index contributed by atoms with van der Waals surface area (Å²) in [5, 5.41) is 0.583. The van der Waals surface area contributed by atoms with Gasteiger partial charge in [0.1, 0.15) is 22.4 Å². The van der Waals surface area contributed by atoms with Crippen molar-refractivity contribution in [3.05, 3.63) is 75.9 Å². The van der Waals surface area contributed by atoms with E-state index in [0.29, 0.717) is 26.9 Å². The molecule has 3 heterocycles. The molecule has 4 rings (SSSR count). The Morgan fingerprint density at radius 1 is 1.31 bits per heavy atom. The van der Waals surface area contributed by atoms with E-state index in [1.54, 1.807) is 41.1 Å². The van der Waals surface area contributed by atoms with E-state index >= 15 is 0 Å². The molecule has 8 heteroatoms. The maximum Gasteiger partial charge on any atom is 0.262 e. The summed E-state index contributed by atoms with van der Waals surface area (Å²) in [4.78, 5) is 28.5. The Balaban J connectivity index is 1.75. The monoisotopic (exact) mass is 425 g/mol. The van der Waals surface area contributed by atoms with Gasteiger partial charge in [-0.05, 0) is 25.1 Å². The van der Waals surface area contributed by atoms with Gasteiger partial charge in [0.15, 0.2) is 6.29 Å². The Morgan fingerprint density at radius 2 is 2.10 bits per heavy atom. The molecule has 0 spiro atoms. The normalized spacial score (nSPS) is 12.1. The molecular weight excluding hydrogens is 410 g/mol. The summed E-state index contributed by atoms with van der Waals surface area (Å²) in [5.41, 5.74) is 8.33. The summed E-state index contributed by atoms with van der Waals surface area (Å²) in [5.74, 6) is -0.198. The highest BCUT2D eigenvalue weighted by molar-refractivity contribution is 7.17. The van der Waals surface area contributed by atoms with Crippen LogP contribution in [0.2, 0.25) is 5.02 Å². The van der Waals surface area contributed by atoms with Crippen molar-refractivity contribution in [2.75, 3.05) is 0 Å². The van der Waals surface area contributed by atoms with Crippen LogP contribution in [0.3, 0.4) is 0 Å². The molecule has 1 atom stereocenters. The molecule has 1 amide bonds. The number of nitrogens with zero attached hydrogens (tertiary/aromatic N) is 2. The van der Waals surface area contributed by atoms with Gasteiger partial charge in [0, 0.05) is 28.4 Å². The summed E-state index contributed by atoms with van der Waals surface area (Å²) >= 11 is 7.47. The molecule has 0 saturated heterocycles. The number of hydrogen-bond donors (Lipinski definition) is 1. The van der Waals surface area contributed by atoms with Crippen LogP contribution in [0.4, 0.5) is 0 Å². The molecule has 0 aliphatic heterocycles. The number of amides is 1. The first-order valence-corrected chi connectivity index (χ1v) is 9.94. The number of thiophene rings is 1. The standard InChI is InChI=1S/C21H16ClN3O3S/c1-12(14-4-2-3-5-15(14)22)28-17-8-18(29-20(17)21(23)27)16-9-24-19-7-6-13(11-26)10-25(16)19/h2-12H,1H3,(H2,23,27)/t12-/m1/s1. The molecule has 0 aliphatic carbocycles. The fourth-order valence-corrected chi connectivity index (χ4v) is 4.31. The number of fused-ring (bicyclic) bond motifs is 1. The Kier molecular flexibility index (Phi) is 5.08. The molecule has 0 fully saturated rings. The molecule has 3 aromatic heterocycles. The zero-order valence-electron chi connectivity index (χ0n) is 15.3. The molecule has 1 aromatic carbocycles. The van der Waals surface area contributed by atoms with Gasteiger partial charge in [0.25, 0.3) is 5.91 Å². The summed E-state index contributed by atoms with van der Waals surface area (Å²) in [7, 11) is 0. The minimum Gasteiger partial charge on any atom is -0.484 e. The highest BCUT2D eigenvalue weighted by Crippen LogP contribution is 2.39. The van der Waals surface area contributed by atoms with Gasteiger partial charge in [-0.3, -0.25) is 14.0 Å². The number of carbonyl (C=O) groups is 2. The van der Waals surface area contributed by atoms with E-state index in [4.69, 9.17) is 22.1 Å². The number of aromatic nitrogens is 2. The second-order valence-corrected chi connectivity index (χ2v) is 7.86. The van der Waals surface area contributed by atoms with Crippen LogP contribution in [0.1, 0.15) is 38.6 Å². The zero-order chi connectivity index (χ0) is 20.5. The van der Waals surface area contributed by atoms with Crippen molar-refractivity contribution in [2.24, 2.45) is 5.73 Å². The Bertz CT molecular complexity index is 1230. The van der Waals surface area contributed by atoms with Crippen LogP contribution in [0.15, 0.2) is 54.9 Å². The van der Waals surface area contributed by atoms with Gasteiger partial charge < -0.3 is 10.5 Å². The molecule has 29 heavy (non-hydrogen) atoms. The summed E-state index contributed by atoms with van der Waals surface area (Å²) < 4.78 is 7.84. The highest BCUT2D eigenvalue weighted by Gasteiger charge is 2.21. The number of benzene rings is 1. The lowest BCUT2D eigenvalue weighted by Gasteiger charge is -2.16. The van der Waals surface area contributed by atoms with Crippen LogP contribution < -0.4 is 10.5 Å². The number of hydrogen-bond acceptors (Lipinski definition) is 5. The molecule has 0 bridgehead atoms. The molecule has 6 nitrogen and oxygen atoms in total. The Morgan fingerprint density at radius 3 is 2.83 bits per heavy atom. The van der Waals surface area contributed by atoms with Gasteiger partial charge in [-0.1, -0.05) is 29.8 Å². The van der Waals surface area contributed by atoms with Crippen LogP contribution >= 0.6 is 22.9 Å². The third kappa shape index (κ3) is 3.62. The van der Waals surface area contributed by atoms with E-state index in [1.165, 1.54) is 11.3 Å². The topological polar surface area (TPSA) is 86.7 Å². The molecule has 4 aromatic rings. The summed E-state index contributed by atoms with van der Waals surface area (Å²) in [6, 6.07) is 12.6. The van der Waals surface area contributed by atoms with Crippen molar-refractivity contribution < 1.29 is 14.3 Å². The molecule has 0 unspecified atom stereocenters. The van der Waals surface area contributed by atoms with Crippen molar-refractivity contribution >= 4 is 40.8 Å². The fraction of sp³-hybridized carbons (Fsp3) is 0.0952. The number of carbonyl (C=O) groups excluding carboxylic acids is 2. The van der Waals surface area contributed by atoms with E-state index in [9.17, 15) is 9.59 Å². The van der Waals surface area contributed by atoms with Crippen molar-refractivity contribution in [3.8, 4) is 16.3 Å². The second-order valence-electron chi connectivity index (χ2n) is 6.40. The molecule has 146 valence electrons. The lowest BCUT2D eigenvalue weighted by Crippen LogP contribution is -2.12. The number of pyridine rings is 1. The van der Waals surface area contributed by atoms with E-state index in [-0.39, 0.29) is 6.10 Å². The number of rotatable bonds is 6. The smallest absolute Gasteiger partial charge is 0.262 e. The first-order chi connectivity index (χ1) is 14.0. The van der Waals surface area contributed by atoms with E-state index in [2.05, 4.69) is 4.98 Å². The minimum atomic E-state index is -0.579. The predicted octanol–water partition coefficient (Wildman–Crippen LogP) is 4.77. The molecule has 0 radical (unpaired) electrons. The van der Waals surface area contributed by atoms with Crippen molar-refractivity contribution in [2.45, 2.75) is 13.0 Å². The van der Waals surface area contributed by atoms with Crippen molar-refractivity contribution in [3.63, 3.8) is 0 Å². The van der Waals surface area contributed by atoms with E-state index < -0.39 is 5.91 Å². The van der Waals surface area contributed by atoms with Crippen LogP contribution in [-0.2, 0) is 0 Å². The zero-order valence-corrected chi connectivity index (χ0v) is 16.9. The van der Waals surface area contributed by atoms with Gasteiger partial charge >= 0.3 is 0 Å². The lowest BCUT2D eigenvalue weighted by molar-refractivity contribution is 0.0997. The van der Waals surface area contributed by atoms with Gasteiger partial charge in [-0.2, -0.15) is 0 Å². The number of ether oxygens (including phenoxy) is 1. The number of aldehydes is 1. The van der Waals surface area contributed by atoms with Crippen LogP contribution in [0, 0.1) is 0 Å². The van der Waals surface area contributed by atoms with E-state index in [1.807, 2.05) is 25.1 Å². The first kappa shape index (κ1) is 19.2. The summed E-state index contributed by atoms with van der Waals surface area (Å²) in [6.45, 7) is 1.86. The first-order valence-electron chi connectivity index (χ1n) is 8.75. The highest BCUT2D eigenvalue weighted by atomic mass is 35.5. The fourth-order valence-electron chi connectivity index (χ4n) is 3.07. The lowest BCUT2D eigenvalue weighted by atomic mass is 10.1. The summed E-state index contributed by atoms with van der Waals surface area (Å²) in [6.07, 6.45) is 3.77. The average Bonchev–Trinajstić information content (AvgIpc) is 3.31. The minimum absolute atomic E-state index is 0.306. The molecule has 0 saturated carbocycles. The van der Waals surface area contributed by atoms with Gasteiger partial charge in [0.2, 0.25) is 0 Å². The number of nitrogens with two attached hydrogens (primary N) is 1. The number of primary amides is 1. The van der Waals surface area contributed by atoms with Crippen LogP contribution in [0.5, 0.6) is 5.75 Å². The van der Waals surface area contributed by atoms with Crippen molar-refractivity contribution in [1.82, 2.24) is 9.38 Å². The SMILES string of the molecule is C[C@@H](Oc1cc(-c2cnc3ccc(C=O)cn23)sc1C(N)=O)c1ccccc1Cl. The quantitative estimate of drug-likeness (QED) is 0.451. The van der Waals surface area contributed by atoms with Gasteiger partial charge in [-0.25, -0.2) is 4.98 Å². The third-order valence-corrected chi connectivity index (χ3v) is 5.98. The second kappa shape index (κ2) is 7.69. The molecular formula is C21H16ClN3O3S. The molecule has 0 aliphatic rings. The number of imidazole rings is 1. The molecule has 2 N–H and O–H groups in total. The third-order valence-electron chi connectivity index (χ3n) is 4.49. The maximum atomic E-state index is 12.0. The number of halogens is 1. The van der Waals surface area contributed by atoms with Crippen LogP contribution in [-0.4, -0.2) is 21.6 Å². The largest absolute Gasteiger partial charge is 0.484 e. The van der Waals surface area contributed by atoms with Crippen molar-refractivity contribution in [1.29, 1.82) is 0 Å². The Hall–Kier alpha value is -3.16. The Labute approximate surface area is 175 Å². The van der Waals surface area contributed by atoms with E-state index in [0.717, 1.165) is 22.4 Å². The van der Waals surface area contributed by atoms with Gasteiger partial charge in [0.05, 0.1) is 16.8 Å². The van der Waals surface area contributed by atoms with Gasteiger partial charge in [-0.15, -0.1) is 11.3 Å². The maximum absolute atomic E-state index is 12.0. The average molecular weight is 426 g/mol. The van der Waals surface area contributed by atoms with Crippen LogP contribution in [0.25, 0.3) is 16.2 Å². The predicted molar refractivity (Wildman–Crippen MR) is 113 cm³/mol.